The Morgan fingerprint density at radius 3 is 3.22 bits per heavy atom. The Bertz CT molecular complexity index is 810. The van der Waals surface area contributed by atoms with Crippen molar-refractivity contribution in [3.8, 4) is 5.75 Å². The van der Waals surface area contributed by atoms with Crippen LogP contribution in [-0.4, -0.2) is 37.2 Å². The number of fused-ring (bicyclic) bond motifs is 2. The summed E-state index contributed by atoms with van der Waals surface area (Å²) in [5, 5.41) is 8.12. The van der Waals surface area contributed by atoms with Gasteiger partial charge in [-0.2, -0.15) is 0 Å². The van der Waals surface area contributed by atoms with E-state index in [2.05, 4.69) is 27.0 Å². The third kappa shape index (κ3) is 4.42. The summed E-state index contributed by atoms with van der Waals surface area (Å²) in [6.45, 7) is 3.97. The third-order valence-corrected chi connectivity index (χ3v) is 6.17. The molecule has 1 atom stereocenters. The standard InChI is InChI=1S/C20H24FN3O2S/c21-15-3-4-16-17(2-1-10-26-18(16)12-15)23-20(25)22-7-9-24-8-5-19-14(13-24)6-11-27-19/h3-4,6,11-12,17H,1-2,5,7-10,13H2,(H2,22,23,25). The Hall–Kier alpha value is -2.12. The maximum Gasteiger partial charge on any atom is 0.315 e. The molecule has 5 nitrogen and oxygen atoms in total. The summed E-state index contributed by atoms with van der Waals surface area (Å²) in [4.78, 5) is 16.2. The highest BCUT2D eigenvalue weighted by Crippen LogP contribution is 2.32. The predicted molar refractivity (Wildman–Crippen MR) is 104 cm³/mol. The van der Waals surface area contributed by atoms with Gasteiger partial charge >= 0.3 is 6.03 Å². The minimum atomic E-state index is -0.325. The molecule has 0 spiro atoms. The minimum absolute atomic E-state index is 0.161. The van der Waals surface area contributed by atoms with Crippen LogP contribution in [0.1, 0.15) is 34.9 Å². The van der Waals surface area contributed by atoms with Gasteiger partial charge in [0.1, 0.15) is 11.6 Å². The maximum atomic E-state index is 13.4. The number of nitrogens with zero attached hydrogens (tertiary/aromatic N) is 1. The summed E-state index contributed by atoms with van der Waals surface area (Å²) < 4.78 is 19.1. The average molecular weight is 389 g/mol. The summed E-state index contributed by atoms with van der Waals surface area (Å²) in [6, 6.07) is 6.35. The first-order chi connectivity index (χ1) is 13.2. The Morgan fingerprint density at radius 2 is 2.30 bits per heavy atom. The quantitative estimate of drug-likeness (QED) is 0.842. The highest BCUT2D eigenvalue weighted by atomic mass is 32.1. The minimum Gasteiger partial charge on any atom is -0.493 e. The van der Waals surface area contributed by atoms with Gasteiger partial charge in [-0.05, 0) is 42.3 Å². The lowest BCUT2D eigenvalue weighted by Gasteiger charge is -2.27. The maximum absolute atomic E-state index is 13.4. The topological polar surface area (TPSA) is 53.6 Å². The molecule has 27 heavy (non-hydrogen) atoms. The lowest BCUT2D eigenvalue weighted by molar-refractivity contribution is 0.227. The van der Waals surface area contributed by atoms with Gasteiger partial charge in [-0.15, -0.1) is 11.3 Å². The van der Waals surface area contributed by atoms with Crippen molar-refractivity contribution in [2.45, 2.75) is 31.8 Å². The third-order valence-electron chi connectivity index (χ3n) is 5.15. The van der Waals surface area contributed by atoms with E-state index in [1.165, 1.54) is 22.6 Å². The second kappa shape index (κ2) is 8.27. The molecule has 7 heteroatoms. The predicted octanol–water partition coefficient (Wildman–Crippen LogP) is 3.46. The molecule has 0 saturated heterocycles. The van der Waals surface area contributed by atoms with E-state index in [1.54, 1.807) is 6.07 Å². The number of benzene rings is 1. The molecule has 2 amide bonds. The van der Waals surface area contributed by atoms with E-state index in [1.807, 2.05) is 11.3 Å². The smallest absolute Gasteiger partial charge is 0.315 e. The van der Waals surface area contributed by atoms with Crippen molar-refractivity contribution in [1.82, 2.24) is 15.5 Å². The van der Waals surface area contributed by atoms with Crippen molar-refractivity contribution >= 4 is 17.4 Å². The number of hydrogen-bond donors (Lipinski definition) is 2. The van der Waals surface area contributed by atoms with Gasteiger partial charge < -0.3 is 15.4 Å². The molecule has 0 bridgehead atoms. The van der Waals surface area contributed by atoms with Gasteiger partial charge in [0.15, 0.2) is 0 Å². The summed E-state index contributed by atoms with van der Waals surface area (Å²) in [5.74, 6) is 0.201. The summed E-state index contributed by atoms with van der Waals surface area (Å²) in [5.41, 5.74) is 2.25. The van der Waals surface area contributed by atoms with Crippen LogP contribution in [0.25, 0.3) is 0 Å². The van der Waals surface area contributed by atoms with Gasteiger partial charge in [0.25, 0.3) is 0 Å². The average Bonchev–Trinajstić information content (AvgIpc) is 3.04. The van der Waals surface area contributed by atoms with Crippen LogP contribution in [0.3, 0.4) is 0 Å². The van der Waals surface area contributed by atoms with Crippen molar-refractivity contribution in [2.24, 2.45) is 0 Å². The van der Waals surface area contributed by atoms with E-state index in [-0.39, 0.29) is 17.9 Å². The number of amides is 2. The van der Waals surface area contributed by atoms with Gasteiger partial charge in [-0.25, -0.2) is 9.18 Å². The largest absolute Gasteiger partial charge is 0.493 e. The number of thiophene rings is 1. The fraction of sp³-hybridized carbons (Fsp3) is 0.450. The molecular formula is C20H24FN3O2S. The van der Waals surface area contributed by atoms with Gasteiger partial charge in [-0.1, -0.05) is 6.07 Å². The molecule has 0 aliphatic carbocycles. The SMILES string of the molecule is O=C(NCCN1CCc2sccc2C1)NC1CCCOc2cc(F)ccc21. The van der Waals surface area contributed by atoms with Crippen LogP contribution in [0, 0.1) is 5.82 Å². The highest BCUT2D eigenvalue weighted by Gasteiger charge is 2.22. The number of hydrogen-bond acceptors (Lipinski definition) is 4. The van der Waals surface area contributed by atoms with E-state index in [4.69, 9.17) is 4.74 Å². The van der Waals surface area contributed by atoms with Crippen molar-refractivity contribution in [2.75, 3.05) is 26.2 Å². The number of urea groups is 1. The molecule has 144 valence electrons. The Balaban J connectivity index is 1.27. The van der Waals surface area contributed by atoms with Gasteiger partial charge in [0.05, 0.1) is 12.6 Å². The molecule has 2 aromatic rings. The lowest BCUT2D eigenvalue weighted by atomic mass is 10.0. The van der Waals surface area contributed by atoms with Crippen molar-refractivity contribution in [1.29, 1.82) is 0 Å². The molecule has 1 aromatic heterocycles. The number of carbonyl (C=O) groups excluding carboxylic acids is 1. The molecular weight excluding hydrogens is 365 g/mol. The van der Waals surface area contributed by atoms with Crippen LogP contribution in [0.2, 0.25) is 0 Å². The Labute approximate surface area is 162 Å². The van der Waals surface area contributed by atoms with E-state index < -0.39 is 0 Å². The molecule has 3 heterocycles. The second-order valence-electron chi connectivity index (χ2n) is 7.02. The van der Waals surface area contributed by atoms with Gasteiger partial charge in [0, 0.05) is 42.7 Å². The molecule has 2 aliphatic rings. The van der Waals surface area contributed by atoms with Crippen molar-refractivity contribution in [3.05, 3.63) is 51.5 Å². The fourth-order valence-electron chi connectivity index (χ4n) is 3.73. The number of nitrogens with one attached hydrogen (secondary N) is 2. The first-order valence-electron chi connectivity index (χ1n) is 9.43. The molecule has 2 aliphatic heterocycles. The summed E-state index contributed by atoms with van der Waals surface area (Å²) >= 11 is 1.83. The van der Waals surface area contributed by atoms with Crippen LogP contribution in [0.15, 0.2) is 29.6 Å². The van der Waals surface area contributed by atoms with Crippen LogP contribution < -0.4 is 15.4 Å². The first kappa shape index (κ1) is 18.3. The number of ether oxygens (including phenoxy) is 1. The number of rotatable bonds is 4. The summed E-state index contributed by atoms with van der Waals surface area (Å²) in [6.07, 6.45) is 2.69. The molecule has 1 aromatic carbocycles. The van der Waals surface area contributed by atoms with Crippen LogP contribution in [0.4, 0.5) is 9.18 Å². The van der Waals surface area contributed by atoms with Crippen molar-refractivity contribution in [3.63, 3.8) is 0 Å². The van der Waals surface area contributed by atoms with Gasteiger partial charge in [-0.3, -0.25) is 4.90 Å². The fourth-order valence-corrected chi connectivity index (χ4v) is 4.62. The van der Waals surface area contributed by atoms with Crippen LogP contribution >= 0.6 is 11.3 Å². The number of halogens is 1. The second-order valence-corrected chi connectivity index (χ2v) is 8.02. The van der Waals surface area contributed by atoms with E-state index >= 15 is 0 Å². The summed E-state index contributed by atoms with van der Waals surface area (Å²) in [7, 11) is 0. The monoisotopic (exact) mass is 389 g/mol. The zero-order valence-corrected chi connectivity index (χ0v) is 16.0. The molecule has 1 unspecified atom stereocenters. The Morgan fingerprint density at radius 1 is 1.37 bits per heavy atom. The number of carbonyl (C=O) groups is 1. The van der Waals surface area contributed by atoms with Gasteiger partial charge in [0.2, 0.25) is 0 Å². The normalized spacial score (nSPS) is 19.4. The van der Waals surface area contributed by atoms with E-state index in [0.29, 0.717) is 18.9 Å². The van der Waals surface area contributed by atoms with Crippen molar-refractivity contribution < 1.29 is 13.9 Å². The molecule has 0 fully saturated rings. The van der Waals surface area contributed by atoms with Crippen LogP contribution in [-0.2, 0) is 13.0 Å². The zero-order chi connectivity index (χ0) is 18.6. The zero-order valence-electron chi connectivity index (χ0n) is 15.2. The van der Waals surface area contributed by atoms with Crippen LogP contribution in [0.5, 0.6) is 5.75 Å². The lowest BCUT2D eigenvalue weighted by Crippen LogP contribution is -2.42. The molecule has 0 radical (unpaired) electrons. The molecule has 4 rings (SSSR count). The van der Waals surface area contributed by atoms with E-state index in [9.17, 15) is 9.18 Å². The molecule has 2 N–H and O–H groups in total. The Kier molecular flexibility index (Phi) is 5.59. The first-order valence-corrected chi connectivity index (χ1v) is 10.3. The molecule has 0 saturated carbocycles. The van der Waals surface area contributed by atoms with E-state index in [0.717, 1.165) is 44.5 Å². The highest BCUT2D eigenvalue weighted by molar-refractivity contribution is 7.10.